The molecule has 0 bridgehead atoms. The Morgan fingerprint density at radius 1 is 1.26 bits per heavy atom. The number of methoxy groups -OCH3 is 1. The molecule has 0 amide bonds. The fourth-order valence-corrected chi connectivity index (χ4v) is 1.31. The van der Waals surface area contributed by atoms with Crippen LogP contribution >= 0.6 is 0 Å². The molecule has 0 aliphatic rings. The molecule has 0 atom stereocenters. The van der Waals surface area contributed by atoms with Crippen LogP contribution in [0.25, 0.3) is 0 Å². The van der Waals surface area contributed by atoms with Crippen molar-refractivity contribution >= 4 is 0 Å². The van der Waals surface area contributed by atoms with Gasteiger partial charge in [0.05, 0.1) is 19.9 Å². The van der Waals surface area contributed by atoms with Crippen molar-refractivity contribution in [2.75, 3.05) is 13.7 Å². The monoisotopic (exact) mass is 321 g/mol. The summed E-state index contributed by atoms with van der Waals surface area (Å²) < 4.78 is 10.3. The number of rotatable bonds is 9. The lowest BCUT2D eigenvalue weighted by Gasteiger charge is -1.98. The molecular weight excluding hydrogens is 286 g/mol. The average molecular weight is 322 g/mol. The lowest BCUT2D eigenvalue weighted by Crippen LogP contribution is -2.11. The molecule has 1 aromatic heterocycles. The van der Waals surface area contributed by atoms with Crippen LogP contribution in [0.5, 0.6) is 0 Å². The van der Waals surface area contributed by atoms with Gasteiger partial charge in [-0.05, 0) is 30.7 Å². The summed E-state index contributed by atoms with van der Waals surface area (Å²) in [5.41, 5.74) is 0. The average Bonchev–Trinajstić information content (AvgIpc) is 3.13. The first-order chi connectivity index (χ1) is 11.3. The second-order valence-electron chi connectivity index (χ2n) is 4.43. The van der Waals surface area contributed by atoms with Crippen LogP contribution in [0.15, 0.2) is 59.5 Å². The zero-order valence-electron chi connectivity index (χ0n) is 15.6. The van der Waals surface area contributed by atoms with E-state index in [2.05, 4.69) is 37.9 Å². The third kappa shape index (κ3) is 16.5. The van der Waals surface area contributed by atoms with E-state index in [1.54, 1.807) is 19.4 Å². The first kappa shape index (κ1) is 23.5. The molecule has 1 rings (SSSR count). The van der Waals surface area contributed by atoms with E-state index < -0.39 is 0 Å². The van der Waals surface area contributed by atoms with Crippen molar-refractivity contribution in [2.24, 2.45) is 0 Å². The minimum absolute atomic E-state index is 0.753. The predicted octanol–water partition coefficient (Wildman–Crippen LogP) is 5.86. The van der Waals surface area contributed by atoms with Crippen molar-refractivity contribution in [1.29, 1.82) is 0 Å². The molecule has 0 saturated carbocycles. The van der Waals surface area contributed by atoms with Crippen LogP contribution in [-0.4, -0.2) is 13.7 Å². The molecule has 0 aromatic carbocycles. The minimum Gasteiger partial charge on any atom is -0.497 e. The Bertz CT molecular complexity index is 390. The summed E-state index contributed by atoms with van der Waals surface area (Å²) in [5, 5.41) is 3.25. The summed E-state index contributed by atoms with van der Waals surface area (Å²) in [4.78, 5) is 0. The van der Waals surface area contributed by atoms with Crippen LogP contribution in [0.3, 0.4) is 0 Å². The van der Waals surface area contributed by atoms with E-state index in [0.29, 0.717) is 0 Å². The first-order valence-corrected chi connectivity index (χ1v) is 8.53. The molecule has 3 nitrogen and oxygen atoms in total. The lowest BCUT2D eigenvalue weighted by molar-refractivity contribution is 0.306. The second kappa shape index (κ2) is 20.3. The van der Waals surface area contributed by atoms with Crippen LogP contribution in [0.2, 0.25) is 0 Å². The van der Waals surface area contributed by atoms with Gasteiger partial charge in [-0.25, -0.2) is 0 Å². The Morgan fingerprint density at radius 3 is 2.43 bits per heavy atom. The van der Waals surface area contributed by atoms with Gasteiger partial charge in [0.1, 0.15) is 11.5 Å². The van der Waals surface area contributed by atoms with E-state index in [1.165, 1.54) is 12.8 Å². The molecular formula is C20H35NO2. The molecule has 0 unspecified atom stereocenters. The van der Waals surface area contributed by atoms with Gasteiger partial charge in [-0.15, -0.1) is 0 Å². The Kier molecular flexibility index (Phi) is 20.7. The standard InChI is InChI=1S/C14H19NO2.C4H10.C2H6/c1-3-13(16-2)8-5-4-6-10-15-12-14-9-7-11-17-14;1-3-4-2;1-2/h3-4,6-9,11,15H,1,5,10,12H2,2H3;3-4H2,1-2H3;1-2H3/b6-4+,13-8?;;. The van der Waals surface area contributed by atoms with E-state index in [-0.39, 0.29) is 0 Å². The number of nitrogens with one attached hydrogen (secondary N) is 1. The number of unbranched alkanes of at least 4 members (excludes halogenated alkanes) is 1. The molecule has 3 heteroatoms. The van der Waals surface area contributed by atoms with Gasteiger partial charge in [-0.1, -0.05) is 59.3 Å². The zero-order chi connectivity index (χ0) is 17.8. The van der Waals surface area contributed by atoms with Crippen molar-refractivity contribution in [3.05, 3.63) is 60.8 Å². The summed E-state index contributed by atoms with van der Waals surface area (Å²) in [5.74, 6) is 1.75. The SMILES string of the molecule is C=CC(=CC/C=C/CNCc1ccco1)OC.CC.CCCC. The first-order valence-electron chi connectivity index (χ1n) is 8.53. The molecule has 0 aliphatic heterocycles. The summed E-state index contributed by atoms with van der Waals surface area (Å²) in [6, 6.07) is 3.84. The molecule has 1 N–H and O–H groups in total. The van der Waals surface area contributed by atoms with Gasteiger partial charge < -0.3 is 14.5 Å². The highest BCUT2D eigenvalue weighted by Gasteiger charge is 1.91. The molecule has 1 aromatic rings. The Hall–Kier alpha value is -1.74. The molecule has 1 heterocycles. The highest BCUT2D eigenvalue weighted by atomic mass is 16.5. The van der Waals surface area contributed by atoms with Crippen LogP contribution in [0.4, 0.5) is 0 Å². The number of allylic oxidation sites excluding steroid dienone is 3. The molecule has 23 heavy (non-hydrogen) atoms. The number of furan rings is 1. The van der Waals surface area contributed by atoms with E-state index in [1.807, 2.05) is 32.1 Å². The van der Waals surface area contributed by atoms with E-state index in [9.17, 15) is 0 Å². The second-order valence-corrected chi connectivity index (χ2v) is 4.43. The molecule has 132 valence electrons. The largest absolute Gasteiger partial charge is 0.497 e. The summed E-state index contributed by atoms with van der Waals surface area (Å²) in [7, 11) is 1.64. The Morgan fingerprint density at radius 2 is 1.96 bits per heavy atom. The zero-order valence-corrected chi connectivity index (χ0v) is 15.6. The quantitative estimate of drug-likeness (QED) is 0.267. The third-order valence-corrected chi connectivity index (χ3v) is 2.70. The lowest BCUT2D eigenvalue weighted by atomic mass is 10.3. The molecule has 0 aliphatic carbocycles. The molecule has 0 saturated heterocycles. The summed E-state index contributed by atoms with van der Waals surface area (Å²) in [6.45, 7) is 13.6. The minimum atomic E-state index is 0.753. The fraction of sp³-hybridized carbons (Fsp3) is 0.500. The molecule has 0 radical (unpaired) electrons. The van der Waals surface area contributed by atoms with Gasteiger partial charge >= 0.3 is 0 Å². The van der Waals surface area contributed by atoms with Crippen molar-refractivity contribution in [2.45, 2.75) is 53.5 Å². The van der Waals surface area contributed by atoms with Gasteiger partial charge in [-0.2, -0.15) is 0 Å². The maximum absolute atomic E-state index is 5.20. The van der Waals surface area contributed by atoms with E-state index >= 15 is 0 Å². The van der Waals surface area contributed by atoms with Gasteiger partial charge in [0.2, 0.25) is 0 Å². The van der Waals surface area contributed by atoms with Crippen LogP contribution in [-0.2, 0) is 11.3 Å². The Labute approximate surface area is 143 Å². The van der Waals surface area contributed by atoms with Crippen molar-refractivity contribution < 1.29 is 9.15 Å². The number of ether oxygens (including phenoxy) is 1. The van der Waals surface area contributed by atoms with Gasteiger partial charge in [0, 0.05) is 6.54 Å². The van der Waals surface area contributed by atoms with E-state index in [0.717, 1.165) is 31.0 Å². The maximum atomic E-state index is 5.20. The predicted molar refractivity (Wildman–Crippen MR) is 101 cm³/mol. The van der Waals surface area contributed by atoms with Crippen molar-refractivity contribution in [3.63, 3.8) is 0 Å². The highest BCUT2D eigenvalue weighted by Crippen LogP contribution is 1.99. The van der Waals surface area contributed by atoms with Gasteiger partial charge in [-0.3, -0.25) is 0 Å². The van der Waals surface area contributed by atoms with Crippen molar-refractivity contribution in [3.8, 4) is 0 Å². The molecule has 0 fully saturated rings. The number of hydrogen-bond acceptors (Lipinski definition) is 3. The summed E-state index contributed by atoms with van der Waals surface area (Å²) >= 11 is 0. The van der Waals surface area contributed by atoms with Gasteiger partial charge in [0.25, 0.3) is 0 Å². The van der Waals surface area contributed by atoms with Gasteiger partial charge in [0.15, 0.2) is 0 Å². The van der Waals surface area contributed by atoms with Crippen LogP contribution < -0.4 is 5.32 Å². The fourth-order valence-electron chi connectivity index (χ4n) is 1.31. The van der Waals surface area contributed by atoms with Crippen LogP contribution in [0.1, 0.15) is 52.7 Å². The highest BCUT2D eigenvalue weighted by molar-refractivity contribution is 5.10. The topological polar surface area (TPSA) is 34.4 Å². The Balaban J connectivity index is 0. The van der Waals surface area contributed by atoms with Crippen LogP contribution in [0, 0.1) is 0 Å². The number of hydrogen-bond donors (Lipinski definition) is 1. The smallest absolute Gasteiger partial charge is 0.117 e. The van der Waals surface area contributed by atoms with Crippen molar-refractivity contribution in [1.82, 2.24) is 5.32 Å². The summed E-state index contributed by atoms with van der Waals surface area (Å²) in [6.07, 6.45) is 13.0. The molecule has 0 spiro atoms. The maximum Gasteiger partial charge on any atom is 0.117 e. The third-order valence-electron chi connectivity index (χ3n) is 2.70. The van der Waals surface area contributed by atoms with E-state index in [4.69, 9.17) is 9.15 Å². The normalized spacial score (nSPS) is 10.4.